The molecule has 27 heavy (non-hydrogen) atoms. The highest BCUT2D eigenvalue weighted by molar-refractivity contribution is 5.94. The van der Waals surface area contributed by atoms with Gasteiger partial charge >= 0.3 is 11.7 Å². The Labute approximate surface area is 152 Å². The van der Waals surface area contributed by atoms with E-state index >= 15 is 0 Å². The summed E-state index contributed by atoms with van der Waals surface area (Å²) in [5.41, 5.74) is -0.847. The third kappa shape index (κ3) is 2.58. The molecule has 4 rings (SSSR count). The minimum absolute atomic E-state index is 0.226. The Hall–Kier alpha value is -3.81. The molecule has 8 nitrogen and oxygen atoms in total. The van der Waals surface area contributed by atoms with Crippen LogP contribution < -0.4 is 16.0 Å². The second-order valence-corrected chi connectivity index (χ2v) is 5.91. The maximum absolute atomic E-state index is 12.4. The molecule has 0 radical (unpaired) electrons. The lowest BCUT2D eigenvalue weighted by Crippen LogP contribution is -2.32. The van der Waals surface area contributed by atoms with Crippen molar-refractivity contribution in [3.05, 3.63) is 86.1 Å². The molecule has 2 heterocycles. The number of carbonyl (C=O) groups excluding carboxylic acids is 1. The van der Waals surface area contributed by atoms with Crippen LogP contribution in [0.1, 0.15) is 27.6 Å². The van der Waals surface area contributed by atoms with Crippen molar-refractivity contribution < 1.29 is 19.4 Å². The van der Waals surface area contributed by atoms with E-state index in [1.807, 2.05) is 0 Å². The van der Waals surface area contributed by atoms with Gasteiger partial charge in [-0.3, -0.25) is 9.78 Å². The number of aromatic hydroxyl groups is 1. The van der Waals surface area contributed by atoms with E-state index in [0.29, 0.717) is 16.9 Å². The predicted molar refractivity (Wildman–Crippen MR) is 94.6 cm³/mol. The minimum Gasteiger partial charge on any atom is -0.497 e. The highest BCUT2D eigenvalue weighted by Crippen LogP contribution is 2.37. The lowest BCUT2D eigenvalue weighted by atomic mass is 10.0. The second-order valence-electron chi connectivity index (χ2n) is 5.91. The summed E-state index contributed by atoms with van der Waals surface area (Å²) >= 11 is 0. The molecule has 0 amide bonds. The monoisotopic (exact) mass is 366 g/mol. The number of carbonyl (C=O) groups is 1. The van der Waals surface area contributed by atoms with E-state index in [-0.39, 0.29) is 11.3 Å². The molecule has 3 aromatic rings. The number of fused-ring (bicyclic) bond motifs is 1. The largest absolute Gasteiger partial charge is 0.497 e. The van der Waals surface area contributed by atoms with Crippen molar-refractivity contribution in [3.63, 3.8) is 0 Å². The summed E-state index contributed by atoms with van der Waals surface area (Å²) in [6, 6.07) is 13.0. The standard InChI is InChI=1S/C19H14N2O6/c1-26-11-6-4-5-10(9-11)21-17(23)14(16(22)20-19(21)25)15-12-7-2-3-8-13(12)18(24)27-15/h2-9,15,23H,1H3,(H,20,22,25). The molecule has 1 aliphatic rings. The Balaban J connectivity index is 1.95. The number of hydrogen-bond acceptors (Lipinski definition) is 6. The number of aromatic amines is 1. The molecule has 1 aliphatic heterocycles. The average molecular weight is 366 g/mol. The van der Waals surface area contributed by atoms with Crippen LogP contribution in [0.4, 0.5) is 0 Å². The fourth-order valence-corrected chi connectivity index (χ4v) is 3.12. The number of ether oxygens (including phenoxy) is 2. The van der Waals surface area contributed by atoms with Gasteiger partial charge in [-0.25, -0.2) is 14.2 Å². The first kappa shape index (κ1) is 16.6. The van der Waals surface area contributed by atoms with E-state index in [0.717, 1.165) is 4.57 Å². The van der Waals surface area contributed by atoms with E-state index in [4.69, 9.17) is 9.47 Å². The average Bonchev–Trinajstić information content (AvgIpc) is 2.98. The summed E-state index contributed by atoms with van der Waals surface area (Å²) in [7, 11) is 1.47. The van der Waals surface area contributed by atoms with Crippen molar-refractivity contribution >= 4 is 5.97 Å². The van der Waals surface area contributed by atoms with Crippen molar-refractivity contribution in [2.45, 2.75) is 6.10 Å². The van der Waals surface area contributed by atoms with Crippen LogP contribution in [-0.4, -0.2) is 27.7 Å². The molecule has 0 aliphatic carbocycles. The van der Waals surface area contributed by atoms with Crippen LogP contribution in [0.3, 0.4) is 0 Å². The lowest BCUT2D eigenvalue weighted by Gasteiger charge is -2.16. The zero-order chi connectivity index (χ0) is 19.1. The van der Waals surface area contributed by atoms with Gasteiger partial charge in [0.25, 0.3) is 5.56 Å². The van der Waals surface area contributed by atoms with Crippen LogP contribution in [0.2, 0.25) is 0 Å². The fraction of sp³-hybridized carbons (Fsp3) is 0.105. The zero-order valence-electron chi connectivity index (χ0n) is 14.1. The Morgan fingerprint density at radius 2 is 1.89 bits per heavy atom. The molecule has 0 fully saturated rings. The first-order valence-corrected chi connectivity index (χ1v) is 8.04. The van der Waals surface area contributed by atoms with Crippen molar-refractivity contribution in [1.29, 1.82) is 0 Å². The van der Waals surface area contributed by atoms with Gasteiger partial charge in [-0.2, -0.15) is 0 Å². The van der Waals surface area contributed by atoms with Gasteiger partial charge in [0.2, 0.25) is 5.88 Å². The van der Waals surface area contributed by atoms with Crippen LogP contribution in [0.15, 0.2) is 58.1 Å². The van der Waals surface area contributed by atoms with Crippen LogP contribution in [0.5, 0.6) is 11.6 Å². The molecule has 0 spiro atoms. The highest BCUT2D eigenvalue weighted by Gasteiger charge is 2.36. The number of nitrogens with zero attached hydrogens (tertiary/aromatic N) is 1. The van der Waals surface area contributed by atoms with E-state index in [2.05, 4.69) is 4.98 Å². The SMILES string of the molecule is COc1cccc(-n2c(O)c(C3OC(=O)c4ccccc43)c(=O)[nH]c2=O)c1. The molecule has 1 unspecified atom stereocenters. The maximum atomic E-state index is 12.4. The smallest absolute Gasteiger partial charge is 0.339 e. The number of nitrogens with one attached hydrogen (secondary N) is 1. The molecule has 0 saturated carbocycles. The van der Waals surface area contributed by atoms with Gasteiger partial charge in [-0.15, -0.1) is 0 Å². The van der Waals surface area contributed by atoms with Crippen molar-refractivity contribution in [3.8, 4) is 17.3 Å². The molecule has 0 bridgehead atoms. The first-order valence-electron chi connectivity index (χ1n) is 8.04. The van der Waals surface area contributed by atoms with Gasteiger partial charge in [0.05, 0.1) is 18.4 Å². The molecule has 8 heteroatoms. The predicted octanol–water partition coefficient (Wildman–Crippen LogP) is 1.50. The number of esters is 1. The minimum atomic E-state index is -1.12. The molecule has 1 aromatic heterocycles. The summed E-state index contributed by atoms with van der Waals surface area (Å²) in [6.07, 6.45) is -1.12. The van der Waals surface area contributed by atoms with E-state index in [1.54, 1.807) is 42.5 Å². The van der Waals surface area contributed by atoms with Gasteiger partial charge in [-0.1, -0.05) is 24.3 Å². The van der Waals surface area contributed by atoms with Gasteiger partial charge in [-0.05, 0) is 18.2 Å². The molecule has 1 atom stereocenters. The number of rotatable bonds is 3. The molecular weight excluding hydrogens is 352 g/mol. The van der Waals surface area contributed by atoms with Gasteiger partial charge < -0.3 is 14.6 Å². The number of hydrogen-bond donors (Lipinski definition) is 2. The summed E-state index contributed by atoms with van der Waals surface area (Å²) in [4.78, 5) is 39.0. The molecular formula is C19H14N2O6. The lowest BCUT2D eigenvalue weighted by molar-refractivity contribution is 0.0449. The summed E-state index contributed by atoms with van der Waals surface area (Å²) in [6.45, 7) is 0. The van der Waals surface area contributed by atoms with Gasteiger partial charge in [0, 0.05) is 11.6 Å². The third-order valence-electron chi connectivity index (χ3n) is 4.38. The fourth-order valence-electron chi connectivity index (χ4n) is 3.12. The maximum Gasteiger partial charge on any atom is 0.339 e. The summed E-state index contributed by atoms with van der Waals surface area (Å²) in [5, 5.41) is 10.8. The van der Waals surface area contributed by atoms with Crippen molar-refractivity contribution in [2.24, 2.45) is 0 Å². The second kappa shape index (κ2) is 6.17. The van der Waals surface area contributed by atoms with Crippen LogP contribution in [0, 0.1) is 0 Å². The van der Waals surface area contributed by atoms with E-state index < -0.39 is 29.2 Å². The van der Waals surface area contributed by atoms with Gasteiger partial charge in [0.1, 0.15) is 11.3 Å². The summed E-state index contributed by atoms with van der Waals surface area (Å²) in [5.74, 6) is -0.746. The number of aromatic nitrogens is 2. The Bertz CT molecular complexity index is 1180. The van der Waals surface area contributed by atoms with Gasteiger partial charge in [0.15, 0.2) is 6.10 Å². The highest BCUT2D eigenvalue weighted by atomic mass is 16.5. The van der Waals surface area contributed by atoms with Crippen LogP contribution in [0.25, 0.3) is 5.69 Å². The Kier molecular flexibility index (Phi) is 3.80. The Morgan fingerprint density at radius 3 is 2.67 bits per heavy atom. The normalized spacial score (nSPS) is 15.3. The van der Waals surface area contributed by atoms with Crippen molar-refractivity contribution in [1.82, 2.24) is 9.55 Å². The Morgan fingerprint density at radius 1 is 1.11 bits per heavy atom. The molecule has 2 aromatic carbocycles. The zero-order valence-corrected chi connectivity index (χ0v) is 14.1. The topological polar surface area (TPSA) is 111 Å². The number of cyclic esters (lactones) is 1. The third-order valence-corrected chi connectivity index (χ3v) is 4.38. The van der Waals surface area contributed by atoms with Crippen LogP contribution in [-0.2, 0) is 4.74 Å². The van der Waals surface area contributed by atoms with E-state index in [9.17, 15) is 19.5 Å². The number of H-pyrrole nitrogens is 1. The summed E-state index contributed by atoms with van der Waals surface area (Å²) < 4.78 is 11.4. The molecule has 0 saturated heterocycles. The molecule has 136 valence electrons. The van der Waals surface area contributed by atoms with Crippen molar-refractivity contribution in [2.75, 3.05) is 7.11 Å². The quantitative estimate of drug-likeness (QED) is 0.680. The first-order chi connectivity index (χ1) is 13.0. The number of benzene rings is 2. The molecule has 2 N–H and O–H groups in total. The van der Waals surface area contributed by atoms with Crippen LogP contribution >= 0.6 is 0 Å². The van der Waals surface area contributed by atoms with E-state index in [1.165, 1.54) is 13.2 Å². The number of methoxy groups -OCH3 is 1.